The average Bonchev–Trinajstić information content (AvgIpc) is 2.67. The number of aldehydes is 1. The van der Waals surface area contributed by atoms with Crippen LogP contribution in [-0.2, 0) is 9.53 Å². The quantitative estimate of drug-likeness (QED) is 0.644. The lowest BCUT2D eigenvalue weighted by molar-refractivity contribution is -0.195. The number of carboxylic acids is 1. The molecule has 1 aliphatic rings. The molecule has 2 aromatic carbocycles. The summed E-state index contributed by atoms with van der Waals surface area (Å²) in [4.78, 5) is 22.5. The topological polar surface area (TPSA) is 123 Å². The molecular weight excluding hydrogens is 368 g/mol. The normalized spacial score (nSPS) is 21.7. The fraction of sp³-hybridized carbons (Fsp3) is 0.300. The highest BCUT2D eigenvalue weighted by Gasteiger charge is 2.34. The second-order valence-electron chi connectivity index (χ2n) is 6.39. The Morgan fingerprint density at radius 1 is 1.18 bits per heavy atom. The van der Waals surface area contributed by atoms with Gasteiger partial charge in [-0.3, -0.25) is 4.79 Å². The molecule has 8 heteroatoms. The number of aliphatic hydroxyl groups excluding tert-OH is 1. The van der Waals surface area contributed by atoms with Crippen LogP contribution in [0.25, 0.3) is 11.1 Å². The van der Waals surface area contributed by atoms with Crippen molar-refractivity contribution in [2.45, 2.75) is 31.3 Å². The summed E-state index contributed by atoms with van der Waals surface area (Å²) in [6, 6.07) is 9.32. The number of ether oxygens (including phenoxy) is 3. The van der Waals surface area contributed by atoms with E-state index in [1.807, 2.05) is 0 Å². The first-order valence-corrected chi connectivity index (χ1v) is 8.61. The van der Waals surface area contributed by atoms with Gasteiger partial charge >= 0.3 is 5.97 Å². The zero-order valence-electron chi connectivity index (χ0n) is 15.1. The monoisotopic (exact) mass is 388 g/mol. The van der Waals surface area contributed by atoms with E-state index in [1.165, 1.54) is 19.2 Å². The first-order valence-electron chi connectivity index (χ1n) is 8.61. The van der Waals surface area contributed by atoms with Gasteiger partial charge in [0, 0.05) is 30.0 Å². The van der Waals surface area contributed by atoms with Gasteiger partial charge in [-0.15, -0.1) is 0 Å². The summed E-state index contributed by atoms with van der Waals surface area (Å²) in [7, 11) is 1.46. The number of methoxy groups -OCH3 is 1. The molecule has 0 aliphatic carbocycles. The number of hydrogen-bond donors (Lipinski definition) is 3. The minimum absolute atomic E-state index is 0.00672. The number of aromatic hydroxyl groups is 1. The smallest absolute Gasteiger partial charge is 0.333 e. The van der Waals surface area contributed by atoms with Gasteiger partial charge in [0.05, 0.1) is 13.2 Å². The summed E-state index contributed by atoms with van der Waals surface area (Å²) in [6.07, 6.45) is -2.11. The number of aliphatic hydroxyl groups is 1. The minimum atomic E-state index is -1.16. The highest BCUT2D eigenvalue weighted by molar-refractivity contribution is 5.90. The predicted molar refractivity (Wildman–Crippen MR) is 97.6 cm³/mol. The Labute approximate surface area is 160 Å². The highest BCUT2D eigenvalue weighted by Crippen LogP contribution is 2.36. The van der Waals surface area contributed by atoms with Crippen LogP contribution >= 0.6 is 0 Å². The summed E-state index contributed by atoms with van der Waals surface area (Å²) in [5.41, 5.74) is 1.49. The molecular formula is C20H20O8. The second-order valence-corrected chi connectivity index (χ2v) is 6.39. The van der Waals surface area contributed by atoms with E-state index < -0.39 is 24.5 Å². The van der Waals surface area contributed by atoms with Crippen LogP contribution in [0.2, 0.25) is 0 Å². The Hall–Kier alpha value is -3.10. The highest BCUT2D eigenvalue weighted by atomic mass is 16.7. The Morgan fingerprint density at radius 3 is 2.61 bits per heavy atom. The molecule has 1 fully saturated rings. The lowest BCUT2D eigenvalue weighted by Crippen LogP contribution is -2.42. The van der Waals surface area contributed by atoms with Crippen LogP contribution < -0.4 is 9.47 Å². The van der Waals surface area contributed by atoms with E-state index in [4.69, 9.17) is 19.3 Å². The molecule has 1 heterocycles. The molecule has 0 saturated carbocycles. The number of carboxylic acid groups (broad SMARTS) is 1. The van der Waals surface area contributed by atoms with Gasteiger partial charge in [-0.05, 0) is 35.9 Å². The van der Waals surface area contributed by atoms with Gasteiger partial charge in [0.2, 0.25) is 6.29 Å². The van der Waals surface area contributed by atoms with Gasteiger partial charge in [-0.25, -0.2) is 4.79 Å². The summed E-state index contributed by atoms with van der Waals surface area (Å²) >= 11 is 0. The van der Waals surface area contributed by atoms with Crippen molar-refractivity contribution in [3.63, 3.8) is 0 Å². The van der Waals surface area contributed by atoms with Crippen molar-refractivity contribution in [1.29, 1.82) is 0 Å². The van der Waals surface area contributed by atoms with E-state index in [-0.39, 0.29) is 18.6 Å². The molecule has 8 nitrogen and oxygen atoms in total. The molecule has 0 spiro atoms. The maximum absolute atomic E-state index is 11.3. The Kier molecular flexibility index (Phi) is 5.81. The van der Waals surface area contributed by atoms with Crippen LogP contribution in [0.15, 0.2) is 36.4 Å². The number of phenolic OH excluding ortho intramolecular Hbond substituents is 1. The molecule has 3 rings (SSSR count). The van der Waals surface area contributed by atoms with Crippen molar-refractivity contribution in [2.24, 2.45) is 0 Å². The fourth-order valence-electron chi connectivity index (χ4n) is 3.11. The summed E-state index contributed by atoms with van der Waals surface area (Å²) in [5, 5.41) is 28.5. The second kappa shape index (κ2) is 8.28. The molecule has 28 heavy (non-hydrogen) atoms. The number of carbonyl (C=O) groups is 2. The third-order valence-corrected chi connectivity index (χ3v) is 4.43. The molecule has 2 aromatic rings. The first-order chi connectivity index (χ1) is 13.4. The van der Waals surface area contributed by atoms with Crippen LogP contribution in [0, 0.1) is 0 Å². The van der Waals surface area contributed by atoms with Gasteiger partial charge < -0.3 is 29.5 Å². The molecule has 3 N–H and O–H groups in total. The summed E-state index contributed by atoms with van der Waals surface area (Å²) in [6.45, 7) is 0. The van der Waals surface area contributed by atoms with E-state index >= 15 is 0 Å². The maximum Gasteiger partial charge on any atom is 0.333 e. The Balaban J connectivity index is 1.86. The van der Waals surface area contributed by atoms with Crippen molar-refractivity contribution in [1.82, 2.24) is 0 Å². The zero-order chi connectivity index (χ0) is 20.3. The fourth-order valence-corrected chi connectivity index (χ4v) is 3.11. The van der Waals surface area contributed by atoms with E-state index in [9.17, 15) is 19.8 Å². The molecule has 0 amide bonds. The van der Waals surface area contributed by atoms with Crippen molar-refractivity contribution >= 4 is 12.3 Å². The van der Waals surface area contributed by atoms with Crippen molar-refractivity contribution < 1.29 is 39.1 Å². The average molecular weight is 388 g/mol. The third kappa shape index (κ3) is 4.24. The van der Waals surface area contributed by atoms with Crippen LogP contribution in [0.1, 0.15) is 23.2 Å². The molecule has 0 bridgehead atoms. The maximum atomic E-state index is 11.3. The molecule has 0 aromatic heterocycles. The van der Waals surface area contributed by atoms with Crippen molar-refractivity contribution in [3.8, 4) is 28.4 Å². The largest absolute Gasteiger partial charge is 0.508 e. The first kappa shape index (κ1) is 19.7. The molecule has 0 radical (unpaired) electrons. The van der Waals surface area contributed by atoms with Crippen molar-refractivity contribution in [2.75, 3.05) is 7.11 Å². The standard InChI is InChI=1S/C20H20O8/c1-26-17-9-14(27-19-8-13(23)7-18(28-19)20(24)25)3-5-16(17)15-4-2-12(22)6-11(15)10-21/h2-6,9-10,13,18-19,22-23H,7-8H2,1H3,(H,24,25). The van der Waals surface area contributed by atoms with Gasteiger partial charge in [-0.1, -0.05) is 0 Å². The zero-order valence-corrected chi connectivity index (χ0v) is 15.1. The molecule has 3 atom stereocenters. The molecule has 1 aliphatic heterocycles. The van der Waals surface area contributed by atoms with Crippen molar-refractivity contribution in [3.05, 3.63) is 42.0 Å². The van der Waals surface area contributed by atoms with Crippen LogP contribution in [-0.4, -0.2) is 53.2 Å². The van der Waals surface area contributed by atoms with E-state index in [2.05, 4.69) is 0 Å². The van der Waals surface area contributed by atoms with Crippen LogP contribution in [0.4, 0.5) is 0 Å². The summed E-state index contributed by atoms with van der Waals surface area (Å²) < 4.78 is 16.4. The number of phenols is 1. The Morgan fingerprint density at radius 2 is 1.93 bits per heavy atom. The van der Waals surface area contributed by atoms with Crippen LogP contribution in [0.3, 0.4) is 0 Å². The lowest BCUT2D eigenvalue weighted by atomic mass is 9.99. The lowest BCUT2D eigenvalue weighted by Gasteiger charge is -2.31. The number of carbonyl (C=O) groups excluding carboxylic acids is 1. The molecule has 148 valence electrons. The van der Waals surface area contributed by atoms with E-state index in [0.717, 1.165) is 0 Å². The van der Waals surface area contributed by atoms with Gasteiger partial charge in [-0.2, -0.15) is 0 Å². The van der Waals surface area contributed by atoms with Gasteiger partial charge in [0.25, 0.3) is 0 Å². The van der Waals surface area contributed by atoms with Gasteiger partial charge in [0.1, 0.15) is 17.2 Å². The van der Waals surface area contributed by atoms with Crippen LogP contribution in [0.5, 0.6) is 17.2 Å². The number of benzene rings is 2. The minimum Gasteiger partial charge on any atom is -0.508 e. The number of hydrogen-bond acceptors (Lipinski definition) is 7. The third-order valence-electron chi connectivity index (χ3n) is 4.43. The SMILES string of the molecule is COc1cc(OC2CC(O)CC(C(=O)O)O2)ccc1-c1ccc(O)cc1C=O. The predicted octanol–water partition coefficient (Wildman–Crippen LogP) is 2.21. The van der Waals surface area contributed by atoms with E-state index in [0.29, 0.717) is 34.5 Å². The Bertz CT molecular complexity index is 879. The summed E-state index contributed by atoms with van der Waals surface area (Å²) in [5.74, 6) is -0.410. The number of rotatable bonds is 6. The van der Waals surface area contributed by atoms with E-state index in [1.54, 1.807) is 24.3 Å². The number of aliphatic carboxylic acids is 1. The molecule has 1 saturated heterocycles. The van der Waals surface area contributed by atoms with Gasteiger partial charge in [0.15, 0.2) is 12.4 Å². The molecule has 3 unspecified atom stereocenters.